The highest BCUT2D eigenvalue weighted by molar-refractivity contribution is 7.89. The van der Waals surface area contributed by atoms with E-state index >= 15 is 0 Å². The molecule has 176 valence electrons. The van der Waals surface area contributed by atoms with E-state index < -0.39 is 10.0 Å². The van der Waals surface area contributed by atoms with Crippen LogP contribution < -0.4 is 0 Å². The average Bonchev–Trinajstić information content (AvgIpc) is 3.52. The zero-order chi connectivity index (χ0) is 22.7. The minimum Gasteiger partial charge on any atom is -0.377 e. The molecule has 0 saturated carbocycles. The third kappa shape index (κ3) is 5.23. The Kier molecular flexibility index (Phi) is 7.30. The fourth-order valence-corrected chi connectivity index (χ4v) is 6.78. The number of aromatic nitrogens is 1. The zero-order valence-corrected chi connectivity index (χ0v) is 20.2. The van der Waals surface area contributed by atoms with E-state index in [1.54, 1.807) is 30.1 Å². The van der Waals surface area contributed by atoms with Crippen molar-refractivity contribution in [3.63, 3.8) is 0 Å². The number of amides is 1. The van der Waals surface area contributed by atoms with Gasteiger partial charge < -0.3 is 14.2 Å². The molecule has 32 heavy (non-hydrogen) atoms. The van der Waals surface area contributed by atoms with Gasteiger partial charge in [0.2, 0.25) is 15.9 Å². The second-order valence-electron chi connectivity index (χ2n) is 8.32. The molecule has 2 aliphatic heterocycles. The normalized spacial score (nSPS) is 20.3. The molecule has 2 aliphatic rings. The van der Waals surface area contributed by atoms with E-state index in [0.717, 1.165) is 26.0 Å². The number of nitrogens with zero attached hydrogens (tertiary/aromatic N) is 4. The van der Waals surface area contributed by atoms with Crippen LogP contribution in [0.3, 0.4) is 0 Å². The lowest BCUT2D eigenvalue weighted by Crippen LogP contribution is -2.53. The summed E-state index contributed by atoms with van der Waals surface area (Å²) in [5.74, 6) is 0.313. The first-order chi connectivity index (χ1) is 15.3. The summed E-state index contributed by atoms with van der Waals surface area (Å²) >= 11 is 1.68. The van der Waals surface area contributed by atoms with Gasteiger partial charge in [0.1, 0.15) is 10.6 Å². The Balaban J connectivity index is 1.36. The number of thiophene rings is 1. The van der Waals surface area contributed by atoms with Gasteiger partial charge in [-0.1, -0.05) is 11.2 Å². The summed E-state index contributed by atoms with van der Waals surface area (Å²) in [6.45, 7) is 7.00. The van der Waals surface area contributed by atoms with Crippen LogP contribution in [0.25, 0.3) is 0 Å². The fraction of sp³-hybridized carbons (Fsp3) is 0.619. The van der Waals surface area contributed by atoms with Crippen LogP contribution >= 0.6 is 11.3 Å². The van der Waals surface area contributed by atoms with Crippen molar-refractivity contribution in [2.45, 2.75) is 44.2 Å². The lowest BCUT2D eigenvalue weighted by atomic mass is 10.2. The highest BCUT2D eigenvalue weighted by Gasteiger charge is 2.34. The SMILES string of the molecule is Cc1noc(C)c1S(=O)(=O)N1CCN(C(=O)CN(Cc2cccs2)CC2CCCO2)CC1. The molecule has 0 spiro atoms. The highest BCUT2D eigenvalue weighted by Crippen LogP contribution is 2.24. The highest BCUT2D eigenvalue weighted by atomic mass is 32.2. The monoisotopic (exact) mass is 482 g/mol. The largest absolute Gasteiger partial charge is 0.377 e. The Morgan fingerprint density at radius 2 is 2.06 bits per heavy atom. The van der Waals surface area contributed by atoms with Crippen molar-refractivity contribution in [2.75, 3.05) is 45.9 Å². The smallest absolute Gasteiger partial charge is 0.248 e. The summed E-state index contributed by atoms with van der Waals surface area (Å²) in [6, 6.07) is 4.10. The fourth-order valence-electron chi connectivity index (χ4n) is 4.33. The lowest BCUT2D eigenvalue weighted by molar-refractivity contribution is -0.134. The van der Waals surface area contributed by atoms with Crippen molar-refractivity contribution in [1.29, 1.82) is 0 Å². The van der Waals surface area contributed by atoms with Gasteiger partial charge in [0.25, 0.3) is 0 Å². The molecule has 0 aromatic carbocycles. The van der Waals surface area contributed by atoms with Crippen molar-refractivity contribution < 1.29 is 22.5 Å². The molecule has 2 aromatic heterocycles. The number of rotatable bonds is 8. The van der Waals surface area contributed by atoms with Crippen LogP contribution in [-0.2, 0) is 26.1 Å². The van der Waals surface area contributed by atoms with E-state index in [-0.39, 0.29) is 30.0 Å². The Morgan fingerprint density at radius 1 is 1.28 bits per heavy atom. The molecular weight excluding hydrogens is 452 g/mol. The van der Waals surface area contributed by atoms with Crippen molar-refractivity contribution in [2.24, 2.45) is 0 Å². The predicted octanol–water partition coefficient (Wildman–Crippen LogP) is 1.87. The average molecular weight is 483 g/mol. The van der Waals surface area contributed by atoms with Gasteiger partial charge in [-0.25, -0.2) is 8.42 Å². The molecule has 0 N–H and O–H groups in total. The maximum absolute atomic E-state index is 13.1. The van der Waals surface area contributed by atoms with Crippen LogP contribution in [0.2, 0.25) is 0 Å². The second-order valence-corrected chi connectivity index (χ2v) is 11.2. The van der Waals surface area contributed by atoms with Crippen LogP contribution in [0.1, 0.15) is 29.2 Å². The zero-order valence-electron chi connectivity index (χ0n) is 18.5. The maximum Gasteiger partial charge on any atom is 0.248 e. The molecule has 4 heterocycles. The van der Waals surface area contributed by atoms with Gasteiger partial charge in [0.05, 0.1) is 12.6 Å². The minimum absolute atomic E-state index is 0.0222. The Labute approximate surface area is 193 Å². The first kappa shape index (κ1) is 23.4. The Hall–Kier alpha value is -1.79. The molecule has 4 rings (SSSR count). The summed E-state index contributed by atoms with van der Waals surface area (Å²) in [4.78, 5) is 18.3. The lowest BCUT2D eigenvalue weighted by Gasteiger charge is -2.35. The summed E-state index contributed by atoms with van der Waals surface area (Å²) in [5, 5.41) is 5.81. The first-order valence-electron chi connectivity index (χ1n) is 10.9. The summed E-state index contributed by atoms with van der Waals surface area (Å²) in [5.41, 5.74) is 0.361. The molecule has 2 aromatic rings. The summed E-state index contributed by atoms with van der Waals surface area (Å²) in [6.07, 6.45) is 2.25. The number of carbonyl (C=O) groups excluding carboxylic acids is 1. The molecule has 1 unspecified atom stereocenters. The molecule has 2 fully saturated rings. The predicted molar refractivity (Wildman–Crippen MR) is 120 cm³/mol. The van der Waals surface area contributed by atoms with E-state index in [1.807, 2.05) is 11.4 Å². The molecule has 0 radical (unpaired) electrons. The van der Waals surface area contributed by atoms with Crippen molar-refractivity contribution >= 4 is 27.3 Å². The van der Waals surface area contributed by atoms with Crippen molar-refractivity contribution in [3.05, 3.63) is 33.8 Å². The Bertz CT molecular complexity index is 988. The van der Waals surface area contributed by atoms with E-state index in [4.69, 9.17) is 9.26 Å². The molecule has 0 bridgehead atoms. The van der Waals surface area contributed by atoms with E-state index in [9.17, 15) is 13.2 Å². The minimum atomic E-state index is -3.69. The van der Waals surface area contributed by atoms with E-state index in [1.165, 1.54) is 9.18 Å². The second kappa shape index (κ2) is 10.0. The number of ether oxygens (including phenoxy) is 1. The van der Waals surface area contributed by atoms with Crippen LogP contribution in [0, 0.1) is 13.8 Å². The number of hydrogen-bond donors (Lipinski definition) is 0. The van der Waals surface area contributed by atoms with Crippen LogP contribution in [0.4, 0.5) is 0 Å². The van der Waals surface area contributed by atoms with Gasteiger partial charge in [-0.15, -0.1) is 11.3 Å². The molecular formula is C21H30N4O5S2. The van der Waals surface area contributed by atoms with Crippen LogP contribution in [0.15, 0.2) is 26.9 Å². The molecule has 0 aliphatic carbocycles. The number of sulfonamides is 1. The molecule has 1 atom stereocenters. The quantitative estimate of drug-likeness (QED) is 0.567. The molecule has 2 saturated heterocycles. The number of carbonyl (C=O) groups is 1. The van der Waals surface area contributed by atoms with Gasteiger partial charge in [-0.3, -0.25) is 9.69 Å². The topological polar surface area (TPSA) is 96.2 Å². The van der Waals surface area contributed by atoms with Crippen molar-refractivity contribution in [3.8, 4) is 0 Å². The number of piperazine rings is 1. The van der Waals surface area contributed by atoms with Gasteiger partial charge in [0, 0.05) is 50.8 Å². The summed E-state index contributed by atoms with van der Waals surface area (Å²) < 4.78 is 38.3. The molecule has 1 amide bonds. The van der Waals surface area contributed by atoms with Gasteiger partial charge in [0.15, 0.2) is 5.76 Å². The van der Waals surface area contributed by atoms with Gasteiger partial charge in [-0.05, 0) is 38.1 Å². The first-order valence-corrected chi connectivity index (χ1v) is 13.2. The van der Waals surface area contributed by atoms with Gasteiger partial charge in [-0.2, -0.15) is 4.31 Å². The van der Waals surface area contributed by atoms with Crippen molar-refractivity contribution in [1.82, 2.24) is 19.3 Å². The Morgan fingerprint density at radius 3 is 2.66 bits per heavy atom. The van der Waals surface area contributed by atoms with Crippen LogP contribution in [-0.4, -0.2) is 85.6 Å². The third-order valence-corrected chi connectivity index (χ3v) is 8.97. The molecule has 11 heteroatoms. The van der Waals surface area contributed by atoms with E-state index in [0.29, 0.717) is 37.6 Å². The standard InChI is InChI=1S/C21H30N4O5S2/c1-16-21(17(2)30-22-16)32(27,28)25-9-7-24(8-10-25)20(26)15-23(13-18-5-3-11-29-18)14-19-6-4-12-31-19/h4,6,12,18H,3,5,7-11,13-15H2,1-2H3. The third-order valence-electron chi connectivity index (χ3n) is 5.96. The van der Waals surface area contributed by atoms with Gasteiger partial charge >= 0.3 is 0 Å². The van der Waals surface area contributed by atoms with Crippen LogP contribution in [0.5, 0.6) is 0 Å². The molecule has 9 nitrogen and oxygen atoms in total. The number of aryl methyl sites for hydroxylation is 2. The van der Waals surface area contributed by atoms with E-state index in [2.05, 4.69) is 16.1 Å². The number of hydrogen-bond acceptors (Lipinski definition) is 8. The maximum atomic E-state index is 13.1. The summed E-state index contributed by atoms with van der Waals surface area (Å²) in [7, 11) is -3.69.